The fourth-order valence-electron chi connectivity index (χ4n) is 5.94. The average Bonchev–Trinajstić information content (AvgIpc) is 3.70. The molecule has 196 valence electrons. The van der Waals surface area contributed by atoms with Crippen molar-refractivity contribution >= 4 is 28.8 Å². The van der Waals surface area contributed by atoms with Crippen LogP contribution in [0, 0.1) is 6.92 Å². The molecule has 0 bridgehead atoms. The van der Waals surface area contributed by atoms with Gasteiger partial charge in [0.25, 0.3) is 5.91 Å². The highest BCUT2D eigenvalue weighted by molar-refractivity contribution is 7.13. The average molecular weight is 545 g/mol. The number of carbonyl (C=O) groups excluding carboxylic acids is 1. The van der Waals surface area contributed by atoms with Gasteiger partial charge in [-0.15, -0.1) is 11.3 Å². The fourth-order valence-corrected chi connectivity index (χ4v) is 7.07. The Morgan fingerprint density at radius 3 is 2.45 bits per heavy atom. The van der Waals surface area contributed by atoms with Crippen LogP contribution in [0.15, 0.2) is 66.0 Å². The highest BCUT2D eigenvalue weighted by Gasteiger charge is 2.30. The molecule has 2 aliphatic rings. The molecular formula is C31H33ClN4OS. The number of carbonyl (C=O) groups is 1. The van der Waals surface area contributed by atoms with Gasteiger partial charge in [0.15, 0.2) is 0 Å². The van der Waals surface area contributed by atoms with Gasteiger partial charge in [-0.05, 0) is 37.5 Å². The second-order valence-corrected chi connectivity index (χ2v) is 11.7. The molecule has 5 nitrogen and oxygen atoms in total. The molecule has 1 aliphatic carbocycles. The summed E-state index contributed by atoms with van der Waals surface area (Å²) in [4.78, 5) is 23.3. The Kier molecular flexibility index (Phi) is 7.37. The Bertz CT molecular complexity index is 1410. The highest BCUT2D eigenvalue weighted by atomic mass is 35.5. The number of halogens is 1. The zero-order valence-corrected chi connectivity index (χ0v) is 23.3. The van der Waals surface area contributed by atoms with Crippen LogP contribution in [0.4, 0.5) is 0 Å². The van der Waals surface area contributed by atoms with Crippen LogP contribution in [0.3, 0.4) is 0 Å². The summed E-state index contributed by atoms with van der Waals surface area (Å²) in [6.45, 7) is 6.33. The van der Waals surface area contributed by atoms with E-state index in [1.54, 1.807) is 11.3 Å². The van der Waals surface area contributed by atoms with Gasteiger partial charge in [-0.3, -0.25) is 9.69 Å². The first-order chi connectivity index (χ1) is 18.6. The predicted molar refractivity (Wildman–Crippen MR) is 156 cm³/mol. The van der Waals surface area contributed by atoms with Crippen LogP contribution in [-0.2, 0) is 6.54 Å². The van der Waals surface area contributed by atoms with Gasteiger partial charge < -0.3 is 9.47 Å². The van der Waals surface area contributed by atoms with E-state index in [2.05, 4.69) is 58.2 Å². The molecule has 2 fully saturated rings. The minimum atomic E-state index is 0.140. The fraction of sp³-hybridized carbons (Fsp3) is 0.355. The number of piperazine rings is 1. The third-order valence-corrected chi connectivity index (χ3v) is 9.20. The van der Waals surface area contributed by atoms with E-state index in [4.69, 9.17) is 16.6 Å². The summed E-state index contributed by atoms with van der Waals surface area (Å²) in [5, 5.41) is 3.72. The van der Waals surface area contributed by atoms with Crippen molar-refractivity contribution in [2.24, 2.45) is 0 Å². The van der Waals surface area contributed by atoms with Gasteiger partial charge in [0.05, 0.1) is 22.0 Å². The van der Waals surface area contributed by atoms with Crippen molar-refractivity contribution in [3.63, 3.8) is 0 Å². The second-order valence-electron chi connectivity index (χ2n) is 10.4. The van der Waals surface area contributed by atoms with Gasteiger partial charge in [0.1, 0.15) is 5.01 Å². The number of hydrogen-bond donors (Lipinski definition) is 0. The summed E-state index contributed by atoms with van der Waals surface area (Å²) in [6.07, 6.45) is 4.76. The van der Waals surface area contributed by atoms with E-state index < -0.39 is 0 Å². The smallest absolute Gasteiger partial charge is 0.255 e. The molecule has 1 saturated heterocycles. The standard InChI is InChI=1S/C31H33ClN4OS/c1-22-26(31(37)35-17-15-34(16-18-35)20-23-9-3-2-4-10-23)19-29(36(22)24-11-5-6-12-24)28-21-38-30(33-28)25-13-7-8-14-27(25)32/h2-4,7-10,13-14,19,21,24H,5-6,11-12,15-18,20H2,1H3. The number of rotatable bonds is 6. The van der Waals surface area contributed by atoms with Crippen LogP contribution in [0.25, 0.3) is 22.0 Å². The lowest BCUT2D eigenvalue weighted by atomic mass is 10.1. The molecule has 0 N–H and O–H groups in total. The topological polar surface area (TPSA) is 41.4 Å². The van der Waals surface area contributed by atoms with E-state index in [9.17, 15) is 4.79 Å². The summed E-state index contributed by atoms with van der Waals surface area (Å²) in [6, 6.07) is 20.9. The molecule has 1 saturated carbocycles. The molecule has 1 aliphatic heterocycles. The molecule has 0 atom stereocenters. The lowest BCUT2D eigenvalue weighted by molar-refractivity contribution is 0.0627. The van der Waals surface area contributed by atoms with Crippen molar-refractivity contribution < 1.29 is 4.79 Å². The Hall–Kier alpha value is -2.93. The van der Waals surface area contributed by atoms with Gasteiger partial charge in [-0.25, -0.2) is 4.98 Å². The van der Waals surface area contributed by atoms with E-state index in [-0.39, 0.29) is 5.91 Å². The number of nitrogens with zero attached hydrogens (tertiary/aromatic N) is 4. The van der Waals surface area contributed by atoms with Crippen LogP contribution in [-0.4, -0.2) is 51.4 Å². The van der Waals surface area contributed by atoms with Gasteiger partial charge in [0, 0.05) is 55.4 Å². The van der Waals surface area contributed by atoms with Crippen molar-refractivity contribution in [3.05, 3.63) is 87.9 Å². The zero-order chi connectivity index (χ0) is 26.1. The first kappa shape index (κ1) is 25.4. The zero-order valence-electron chi connectivity index (χ0n) is 21.8. The summed E-state index contributed by atoms with van der Waals surface area (Å²) in [7, 11) is 0. The van der Waals surface area contributed by atoms with Gasteiger partial charge in [-0.1, -0.05) is 73.0 Å². The number of amides is 1. The Labute approximate surface area is 233 Å². The number of benzene rings is 2. The molecule has 0 spiro atoms. The third-order valence-electron chi connectivity index (χ3n) is 7.99. The summed E-state index contributed by atoms with van der Waals surface area (Å²) in [5.74, 6) is 0.140. The lowest BCUT2D eigenvalue weighted by Crippen LogP contribution is -2.48. The maximum absolute atomic E-state index is 13.8. The van der Waals surface area contributed by atoms with Gasteiger partial charge in [0.2, 0.25) is 0 Å². The first-order valence-corrected chi connectivity index (χ1v) is 14.8. The summed E-state index contributed by atoms with van der Waals surface area (Å²) >= 11 is 8.07. The Morgan fingerprint density at radius 1 is 1.00 bits per heavy atom. The molecular weight excluding hydrogens is 512 g/mol. The number of thiazole rings is 1. The van der Waals surface area contributed by atoms with Crippen LogP contribution >= 0.6 is 22.9 Å². The quantitative estimate of drug-likeness (QED) is 0.255. The van der Waals surface area contributed by atoms with Crippen molar-refractivity contribution in [3.8, 4) is 22.0 Å². The van der Waals surface area contributed by atoms with Crippen molar-refractivity contribution in [2.75, 3.05) is 26.2 Å². The minimum absolute atomic E-state index is 0.140. The normalized spacial score (nSPS) is 16.8. The van der Waals surface area contributed by atoms with Gasteiger partial charge >= 0.3 is 0 Å². The SMILES string of the molecule is Cc1c(C(=O)N2CCN(Cc3ccccc3)CC2)cc(-c2csc(-c3ccccc3Cl)n2)n1C1CCCC1. The molecule has 38 heavy (non-hydrogen) atoms. The van der Waals surface area contributed by atoms with E-state index in [0.717, 1.165) is 78.8 Å². The van der Waals surface area contributed by atoms with Crippen LogP contribution in [0.1, 0.15) is 53.3 Å². The first-order valence-electron chi connectivity index (χ1n) is 13.6. The minimum Gasteiger partial charge on any atom is -0.340 e. The molecule has 4 aromatic rings. The molecule has 6 rings (SSSR count). The predicted octanol–water partition coefficient (Wildman–Crippen LogP) is 7.31. The molecule has 0 radical (unpaired) electrons. The summed E-state index contributed by atoms with van der Waals surface area (Å²) in [5.41, 5.74) is 6.12. The van der Waals surface area contributed by atoms with Crippen molar-refractivity contribution in [1.82, 2.24) is 19.4 Å². The van der Waals surface area contributed by atoms with Gasteiger partial charge in [-0.2, -0.15) is 0 Å². The maximum Gasteiger partial charge on any atom is 0.255 e. The van der Waals surface area contributed by atoms with Crippen LogP contribution in [0.5, 0.6) is 0 Å². The third kappa shape index (κ3) is 5.05. The van der Waals surface area contributed by atoms with E-state index >= 15 is 0 Å². The maximum atomic E-state index is 13.8. The molecule has 2 aromatic carbocycles. The second kappa shape index (κ2) is 11.0. The van der Waals surface area contributed by atoms with Crippen molar-refractivity contribution in [2.45, 2.75) is 45.2 Å². The monoisotopic (exact) mass is 544 g/mol. The molecule has 1 amide bonds. The van der Waals surface area contributed by atoms with Crippen molar-refractivity contribution in [1.29, 1.82) is 0 Å². The molecule has 0 unspecified atom stereocenters. The lowest BCUT2D eigenvalue weighted by Gasteiger charge is -2.34. The number of hydrogen-bond acceptors (Lipinski definition) is 4. The molecule has 2 aromatic heterocycles. The highest BCUT2D eigenvalue weighted by Crippen LogP contribution is 2.39. The number of aromatic nitrogens is 2. The Balaban J connectivity index is 1.25. The Morgan fingerprint density at radius 2 is 1.71 bits per heavy atom. The summed E-state index contributed by atoms with van der Waals surface area (Å²) < 4.78 is 2.40. The molecule has 3 heterocycles. The van der Waals surface area contributed by atoms with E-state index in [1.807, 2.05) is 29.2 Å². The van der Waals surface area contributed by atoms with Crippen LogP contribution < -0.4 is 0 Å². The van der Waals surface area contributed by atoms with E-state index in [1.165, 1.54) is 18.4 Å². The van der Waals surface area contributed by atoms with E-state index in [0.29, 0.717) is 11.1 Å². The largest absolute Gasteiger partial charge is 0.340 e. The van der Waals surface area contributed by atoms with Crippen LogP contribution in [0.2, 0.25) is 5.02 Å². The molecule has 7 heteroatoms.